The lowest BCUT2D eigenvalue weighted by molar-refractivity contribution is -0.384. The first-order chi connectivity index (χ1) is 13.9. The molecule has 1 atom stereocenters. The summed E-state index contributed by atoms with van der Waals surface area (Å²) in [6.45, 7) is 0.172. The minimum atomic E-state index is -1.16. The maximum atomic E-state index is 12.2. The van der Waals surface area contributed by atoms with Gasteiger partial charge in [-0.2, -0.15) is 0 Å². The standard InChI is InChI=1S/C18H16N4O6S/c23-16(8-14(17(24)25)19-9-13-5-2-6-28-13)21-18-20-15(10-29-18)11-3-1-4-12(7-11)22(26)27/h1-7,10,14,19H,8-9H2,(H,24,25)(H,20,21,23). The Morgan fingerprint density at radius 3 is 2.83 bits per heavy atom. The number of nitro groups is 1. The van der Waals surface area contributed by atoms with Gasteiger partial charge < -0.3 is 14.8 Å². The molecule has 0 saturated carbocycles. The zero-order valence-electron chi connectivity index (χ0n) is 14.9. The molecule has 0 aliphatic rings. The van der Waals surface area contributed by atoms with Crippen LogP contribution in [0.5, 0.6) is 0 Å². The van der Waals surface area contributed by atoms with E-state index in [9.17, 15) is 24.8 Å². The Kier molecular flexibility index (Phi) is 6.32. The topological polar surface area (TPSA) is 148 Å². The van der Waals surface area contributed by atoms with E-state index in [4.69, 9.17) is 4.42 Å². The maximum absolute atomic E-state index is 12.2. The number of aliphatic carboxylic acids is 1. The zero-order chi connectivity index (χ0) is 20.8. The molecule has 10 nitrogen and oxygen atoms in total. The summed E-state index contributed by atoms with van der Waals surface area (Å²) in [4.78, 5) is 38.2. The van der Waals surface area contributed by atoms with Crippen LogP contribution in [-0.4, -0.2) is 32.9 Å². The minimum Gasteiger partial charge on any atom is -0.480 e. The molecule has 11 heteroatoms. The van der Waals surface area contributed by atoms with E-state index in [1.54, 1.807) is 29.6 Å². The number of non-ortho nitro benzene ring substituents is 1. The lowest BCUT2D eigenvalue weighted by Crippen LogP contribution is -2.39. The largest absolute Gasteiger partial charge is 0.480 e. The number of hydrogen-bond donors (Lipinski definition) is 3. The van der Waals surface area contributed by atoms with Gasteiger partial charge in [0.05, 0.1) is 29.8 Å². The van der Waals surface area contributed by atoms with E-state index in [0.717, 1.165) is 11.3 Å². The summed E-state index contributed by atoms with van der Waals surface area (Å²) in [5.41, 5.74) is 0.951. The Hall–Kier alpha value is -3.57. The number of carbonyl (C=O) groups is 2. The Morgan fingerprint density at radius 1 is 1.31 bits per heavy atom. The van der Waals surface area contributed by atoms with E-state index in [1.165, 1.54) is 18.4 Å². The van der Waals surface area contributed by atoms with Gasteiger partial charge in [-0.15, -0.1) is 11.3 Å². The molecule has 0 aliphatic heterocycles. The highest BCUT2D eigenvalue weighted by molar-refractivity contribution is 7.14. The normalized spacial score (nSPS) is 11.7. The van der Waals surface area contributed by atoms with Crippen LogP contribution in [0.1, 0.15) is 12.2 Å². The van der Waals surface area contributed by atoms with Crippen molar-refractivity contribution >= 4 is 34.0 Å². The van der Waals surface area contributed by atoms with E-state index >= 15 is 0 Å². The predicted octanol–water partition coefficient (Wildman–Crippen LogP) is 2.88. The van der Waals surface area contributed by atoms with E-state index < -0.39 is 22.8 Å². The van der Waals surface area contributed by atoms with Crippen molar-refractivity contribution in [3.8, 4) is 11.3 Å². The Labute approximate surface area is 168 Å². The minimum absolute atomic E-state index is 0.0620. The van der Waals surface area contributed by atoms with Gasteiger partial charge in [0.15, 0.2) is 5.13 Å². The van der Waals surface area contributed by atoms with E-state index in [2.05, 4.69) is 15.6 Å². The molecule has 0 bridgehead atoms. The summed E-state index contributed by atoms with van der Waals surface area (Å²) in [5.74, 6) is -1.13. The van der Waals surface area contributed by atoms with Crippen molar-refractivity contribution in [3.63, 3.8) is 0 Å². The summed E-state index contributed by atoms with van der Waals surface area (Å²) >= 11 is 1.14. The lowest BCUT2D eigenvalue weighted by atomic mass is 10.1. The van der Waals surface area contributed by atoms with Crippen molar-refractivity contribution in [2.45, 2.75) is 19.0 Å². The average molecular weight is 416 g/mol. The molecule has 0 radical (unpaired) electrons. The highest BCUT2D eigenvalue weighted by atomic mass is 32.1. The molecule has 0 aliphatic carbocycles. The van der Waals surface area contributed by atoms with Gasteiger partial charge in [-0.25, -0.2) is 4.98 Å². The fraction of sp³-hybridized carbons (Fsp3) is 0.167. The number of nitrogens with zero attached hydrogens (tertiary/aromatic N) is 2. The number of aromatic nitrogens is 1. The molecule has 3 N–H and O–H groups in total. The Bertz CT molecular complexity index is 1020. The smallest absolute Gasteiger partial charge is 0.321 e. The number of nitrogens with one attached hydrogen (secondary N) is 2. The van der Waals surface area contributed by atoms with Crippen LogP contribution in [-0.2, 0) is 16.1 Å². The van der Waals surface area contributed by atoms with Crippen LogP contribution in [0.2, 0.25) is 0 Å². The third kappa shape index (κ3) is 5.46. The van der Waals surface area contributed by atoms with Gasteiger partial charge in [0.25, 0.3) is 5.69 Å². The third-order valence-corrected chi connectivity index (χ3v) is 4.65. The Balaban J connectivity index is 1.61. The second-order valence-corrected chi connectivity index (χ2v) is 6.81. The molecule has 150 valence electrons. The van der Waals surface area contributed by atoms with Crippen LogP contribution in [0, 0.1) is 10.1 Å². The van der Waals surface area contributed by atoms with E-state index in [-0.39, 0.29) is 23.8 Å². The number of hydrogen-bond acceptors (Lipinski definition) is 8. The lowest BCUT2D eigenvalue weighted by Gasteiger charge is -2.12. The monoisotopic (exact) mass is 416 g/mol. The fourth-order valence-corrected chi connectivity index (χ4v) is 3.22. The van der Waals surface area contributed by atoms with Crippen molar-refractivity contribution in [1.29, 1.82) is 0 Å². The quantitative estimate of drug-likeness (QED) is 0.356. The molecule has 0 saturated heterocycles. The summed E-state index contributed by atoms with van der Waals surface area (Å²) in [6, 6.07) is 8.26. The fourth-order valence-electron chi connectivity index (χ4n) is 2.48. The number of carbonyl (C=O) groups excluding carboxylic acids is 1. The summed E-state index contributed by atoms with van der Waals surface area (Å²) in [6.07, 6.45) is 1.17. The van der Waals surface area contributed by atoms with E-state index in [0.29, 0.717) is 17.0 Å². The molecular formula is C18H16N4O6S. The molecule has 3 aromatic rings. The number of benzene rings is 1. The molecule has 1 aromatic carbocycles. The van der Waals surface area contributed by atoms with Gasteiger partial charge in [-0.3, -0.25) is 25.0 Å². The van der Waals surface area contributed by atoms with Gasteiger partial charge in [-0.1, -0.05) is 12.1 Å². The number of thiazole rings is 1. The molecule has 1 unspecified atom stereocenters. The van der Waals surface area contributed by atoms with Gasteiger partial charge >= 0.3 is 5.97 Å². The first kappa shape index (κ1) is 20.2. The van der Waals surface area contributed by atoms with E-state index in [1.807, 2.05) is 0 Å². The van der Waals surface area contributed by atoms with Crippen LogP contribution in [0.3, 0.4) is 0 Å². The molecule has 0 spiro atoms. The Morgan fingerprint density at radius 2 is 2.14 bits per heavy atom. The number of nitro benzene ring substituents is 1. The summed E-state index contributed by atoms with van der Waals surface area (Å²) < 4.78 is 5.13. The van der Waals surface area contributed by atoms with Crippen molar-refractivity contribution in [2.24, 2.45) is 0 Å². The van der Waals surface area contributed by atoms with Crippen LogP contribution >= 0.6 is 11.3 Å². The number of rotatable bonds is 9. The molecular weight excluding hydrogens is 400 g/mol. The number of furan rings is 1. The van der Waals surface area contributed by atoms with Crippen LogP contribution in [0.25, 0.3) is 11.3 Å². The number of carboxylic acid groups (broad SMARTS) is 1. The average Bonchev–Trinajstić information content (AvgIpc) is 3.37. The van der Waals surface area contributed by atoms with Gasteiger partial charge in [0.2, 0.25) is 5.91 Å². The maximum Gasteiger partial charge on any atom is 0.321 e. The third-order valence-electron chi connectivity index (χ3n) is 3.89. The zero-order valence-corrected chi connectivity index (χ0v) is 15.7. The number of amides is 1. The SMILES string of the molecule is O=C(CC(NCc1ccco1)C(=O)O)Nc1nc(-c2cccc([N+](=O)[O-])c2)cs1. The van der Waals surface area contributed by atoms with Crippen LogP contribution in [0.15, 0.2) is 52.5 Å². The van der Waals surface area contributed by atoms with Crippen molar-refractivity contribution in [2.75, 3.05) is 5.32 Å². The predicted molar refractivity (Wildman–Crippen MR) is 104 cm³/mol. The van der Waals surface area contributed by atoms with Crippen molar-refractivity contribution < 1.29 is 24.0 Å². The highest BCUT2D eigenvalue weighted by Crippen LogP contribution is 2.27. The second-order valence-electron chi connectivity index (χ2n) is 5.95. The second kappa shape index (κ2) is 9.08. The molecule has 1 amide bonds. The molecule has 29 heavy (non-hydrogen) atoms. The van der Waals surface area contributed by atoms with Crippen LogP contribution < -0.4 is 10.6 Å². The van der Waals surface area contributed by atoms with Crippen molar-refractivity contribution in [1.82, 2.24) is 10.3 Å². The van der Waals surface area contributed by atoms with Crippen molar-refractivity contribution in [3.05, 3.63) is 63.9 Å². The van der Waals surface area contributed by atoms with Crippen LogP contribution in [0.4, 0.5) is 10.8 Å². The van der Waals surface area contributed by atoms with Gasteiger partial charge in [-0.05, 0) is 12.1 Å². The number of anilines is 1. The number of carboxylic acids is 1. The highest BCUT2D eigenvalue weighted by Gasteiger charge is 2.22. The first-order valence-electron chi connectivity index (χ1n) is 8.41. The molecule has 0 fully saturated rings. The molecule has 3 rings (SSSR count). The molecule has 2 aromatic heterocycles. The summed E-state index contributed by atoms with van der Waals surface area (Å²) in [7, 11) is 0. The summed E-state index contributed by atoms with van der Waals surface area (Å²) in [5, 5.41) is 27.4. The first-order valence-corrected chi connectivity index (χ1v) is 9.29. The van der Waals surface area contributed by atoms with Gasteiger partial charge in [0.1, 0.15) is 11.8 Å². The van der Waals surface area contributed by atoms with Gasteiger partial charge in [0, 0.05) is 23.1 Å². The molecule has 2 heterocycles.